The summed E-state index contributed by atoms with van der Waals surface area (Å²) in [6.07, 6.45) is 0.681. The van der Waals surface area contributed by atoms with E-state index in [2.05, 4.69) is 15.3 Å². The minimum atomic E-state index is -0.973. The second kappa shape index (κ2) is 9.84. The molecule has 2 heterocycles. The molecule has 0 saturated carbocycles. The summed E-state index contributed by atoms with van der Waals surface area (Å²) in [5, 5.41) is 5.19. The highest BCUT2D eigenvalue weighted by atomic mass is 32.1. The summed E-state index contributed by atoms with van der Waals surface area (Å²) in [5.74, 6) is 0.0290. The van der Waals surface area contributed by atoms with Gasteiger partial charge in [-0.2, -0.15) is 0 Å². The molecule has 1 N–H and O–H groups in total. The lowest BCUT2D eigenvalue weighted by Gasteiger charge is -2.14. The molecule has 1 unspecified atom stereocenters. The number of methoxy groups -OCH3 is 2. The number of ether oxygens (including phenoxy) is 3. The molecule has 156 valence electrons. The van der Waals surface area contributed by atoms with Crippen LogP contribution in [0.3, 0.4) is 0 Å². The molecule has 3 aromatic rings. The lowest BCUT2D eigenvalue weighted by Crippen LogP contribution is -2.30. The van der Waals surface area contributed by atoms with Crippen LogP contribution >= 0.6 is 11.3 Å². The van der Waals surface area contributed by atoms with Gasteiger partial charge < -0.3 is 19.5 Å². The van der Waals surface area contributed by atoms with Crippen molar-refractivity contribution in [2.24, 2.45) is 0 Å². The Bertz CT molecular complexity index is 1020. The minimum absolute atomic E-state index is 0.0304. The van der Waals surface area contributed by atoms with Gasteiger partial charge in [0.1, 0.15) is 5.01 Å². The molecule has 0 fully saturated rings. The van der Waals surface area contributed by atoms with Crippen LogP contribution < -0.4 is 14.8 Å². The first-order chi connectivity index (χ1) is 14.5. The summed E-state index contributed by atoms with van der Waals surface area (Å²) in [7, 11) is 3.03. The summed E-state index contributed by atoms with van der Waals surface area (Å²) in [6, 6.07) is 10.5. The van der Waals surface area contributed by atoms with Gasteiger partial charge in [-0.25, -0.2) is 4.98 Å². The van der Waals surface area contributed by atoms with Gasteiger partial charge in [-0.3, -0.25) is 14.6 Å². The van der Waals surface area contributed by atoms with Crippen LogP contribution in [0.15, 0.2) is 48.0 Å². The predicted molar refractivity (Wildman–Crippen MR) is 113 cm³/mol. The third-order valence-corrected chi connectivity index (χ3v) is 5.00. The fourth-order valence-corrected chi connectivity index (χ4v) is 3.39. The van der Waals surface area contributed by atoms with E-state index in [9.17, 15) is 9.59 Å². The number of carbonyl (C=O) groups is 2. The highest BCUT2D eigenvalue weighted by Gasteiger charge is 2.20. The number of thiazole rings is 1. The van der Waals surface area contributed by atoms with Crippen LogP contribution in [-0.4, -0.2) is 42.2 Å². The van der Waals surface area contributed by atoms with Crippen molar-refractivity contribution in [3.8, 4) is 22.2 Å². The third-order valence-electron chi connectivity index (χ3n) is 4.09. The van der Waals surface area contributed by atoms with Gasteiger partial charge in [-0.15, -0.1) is 11.3 Å². The third kappa shape index (κ3) is 5.32. The molecular formula is C21H21N3O5S. The number of hydrogen-bond acceptors (Lipinski definition) is 8. The molecule has 1 aromatic carbocycles. The van der Waals surface area contributed by atoms with Crippen LogP contribution in [-0.2, 0) is 20.7 Å². The van der Waals surface area contributed by atoms with Crippen molar-refractivity contribution in [2.45, 2.75) is 19.4 Å². The molecule has 0 bridgehead atoms. The number of anilines is 1. The Hall–Kier alpha value is -3.46. The first-order valence-corrected chi connectivity index (χ1v) is 9.96. The van der Waals surface area contributed by atoms with E-state index < -0.39 is 18.0 Å². The maximum atomic E-state index is 12.4. The van der Waals surface area contributed by atoms with Crippen molar-refractivity contribution >= 4 is 28.9 Å². The molecule has 0 saturated heterocycles. The molecule has 1 amide bonds. The number of carbonyl (C=O) groups excluding carboxylic acids is 2. The molecule has 3 rings (SSSR count). The van der Waals surface area contributed by atoms with Crippen LogP contribution in [0.1, 0.15) is 12.6 Å². The van der Waals surface area contributed by atoms with E-state index in [0.717, 1.165) is 10.7 Å². The first kappa shape index (κ1) is 21.3. The Morgan fingerprint density at radius 2 is 1.93 bits per heavy atom. The highest BCUT2D eigenvalue weighted by Crippen LogP contribution is 2.29. The summed E-state index contributed by atoms with van der Waals surface area (Å²) in [6.45, 7) is 1.51. The molecular weight excluding hydrogens is 406 g/mol. The van der Waals surface area contributed by atoms with Gasteiger partial charge in [0.25, 0.3) is 5.91 Å². The van der Waals surface area contributed by atoms with Gasteiger partial charge in [0, 0.05) is 23.3 Å². The standard InChI is InChI=1S/C21H21N3O5S/c1-13(20(26)23-14-7-8-17(27-2)18(10-14)28-3)29-19(25)11-15-12-30-21(24-15)16-6-4-5-9-22-16/h4-10,12-13H,11H2,1-3H3,(H,23,26). The monoisotopic (exact) mass is 427 g/mol. The quantitative estimate of drug-likeness (QED) is 0.551. The highest BCUT2D eigenvalue weighted by molar-refractivity contribution is 7.13. The van der Waals surface area contributed by atoms with Crippen molar-refractivity contribution in [1.29, 1.82) is 0 Å². The number of pyridine rings is 1. The number of amides is 1. The largest absolute Gasteiger partial charge is 0.493 e. The van der Waals surface area contributed by atoms with Gasteiger partial charge in [0.15, 0.2) is 17.6 Å². The Morgan fingerprint density at radius 3 is 2.63 bits per heavy atom. The van der Waals surface area contributed by atoms with Gasteiger partial charge in [0.2, 0.25) is 0 Å². The average Bonchev–Trinajstić information content (AvgIpc) is 3.22. The first-order valence-electron chi connectivity index (χ1n) is 9.08. The second-order valence-electron chi connectivity index (χ2n) is 6.23. The second-order valence-corrected chi connectivity index (χ2v) is 7.08. The molecule has 0 aliphatic rings. The van der Waals surface area contributed by atoms with E-state index in [-0.39, 0.29) is 6.42 Å². The maximum absolute atomic E-state index is 12.4. The topological polar surface area (TPSA) is 99.6 Å². The van der Waals surface area contributed by atoms with E-state index in [0.29, 0.717) is 22.9 Å². The Kier molecular flexibility index (Phi) is 6.97. The molecule has 0 radical (unpaired) electrons. The van der Waals surface area contributed by atoms with Crippen LogP contribution in [0.5, 0.6) is 11.5 Å². The maximum Gasteiger partial charge on any atom is 0.312 e. The number of rotatable bonds is 8. The summed E-state index contributed by atoms with van der Waals surface area (Å²) >= 11 is 1.40. The number of nitrogens with zero attached hydrogens (tertiary/aromatic N) is 2. The zero-order chi connectivity index (χ0) is 21.5. The molecule has 8 nitrogen and oxygen atoms in total. The molecule has 0 aliphatic carbocycles. The number of aromatic nitrogens is 2. The van der Waals surface area contributed by atoms with Crippen LogP contribution in [0.4, 0.5) is 5.69 Å². The number of nitrogens with one attached hydrogen (secondary N) is 1. The van der Waals surface area contributed by atoms with Crippen molar-refractivity contribution in [3.63, 3.8) is 0 Å². The minimum Gasteiger partial charge on any atom is -0.493 e. The van der Waals surface area contributed by atoms with E-state index in [1.54, 1.807) is 29.8 Å². The number of hydrogen-bond donors (Lipinski definition) is 1. The van der Waals surface area contributed by atoms with Gasteiger partial charge in [-0.05, 0) is 31.2 Å². The van der Waals surface area contributed by atoms with Crippen molar-refractivity contribution in [3.05, 3.63) is 53.7 Å². The number of esters is 1. The van der Waals surface area contributed by atoms with E-state index in [1.165, 1.54) is 32.5 Å². The number of benzene rings is 1. The Labute approximate surface area is 177 Å². The Morgan fingerprint density at radius 1 is 1.13 bits per heavy atom. The van der Waals surface area contributed by atoms with Gasteiger partial charge >= 0.3 is 5.97 Å². The molecule has 2 aromatic heterocycles. The predicted octanol–water partition coefficient (Wildman–Crippen LogP) is 3.34. The molecule has 0 spiro atoms. The average molecular weight is 427 g/mol. The zero-order valence-corrected chi connectivity index (χ0v) is 17.6. The van der Waals surface area contributed by atoms with Crippen LogP contribution in [0, 0.1) is 0 Å². The van der Waals surface area contributed by atoms with E-state index in [1.807, 2.05) is 18.2 Å². The van der Waals surface area contributed by atoms with E-state index in [4.69, 9.17) is 14.2 Å². The van der Waals surface area contributed by atoms with Crippen molar-refractivity contribution in [2.75, 3.05) is 19.5 Å². The molecule has 9 heteroatoms. The SMILES string of the molecule is COc1ccc(NC(=O)C(C)OC(=O)Cc2csc(-c3ccccn3)n2)cc1OC. The molecule has 0 aliphatic heterocycles. The van der Waals surface area contributed by atoms with Crippen LogP contribution in [0.2, 0.25) is 0 Å². The summed E-state index contributed by atoms with van der Waals surface area (Å²) < 4.78 is 15.6. The molecule has 30 heavy (non-hydrogen) atoms. The lowest BCUT2D eigenvalue weighted by atomic mass is 10.2. The van der Waals surface area contributed by atoms with E-state index >= 15 is 0 Å². The van der Waals surface area contributed by atoms with Crippen LogP contribution in [0.25, 0.3) is 10.7 Å². The van der Waals surface area contributed by atoms with Crippen molar-refractivity contribution in [1.82, 2.24) is 9.97 Å². The summed E-state index contributed by atoms with van der Waals surface area (Å²) in [5.41, 5.74) is 1.81. The zero-order valence-electron chi connectivity index (χ0n) is 16.7. The fourth-order valence-electron chi connectivity index (χ4n) is 2.59. The lowest BCUT2D eigenvalue weighted by molar-refractivity contribution is -0.152. The van der Waals surface area contributed by atoms with Crippen molar-refractivity contribution < 1.29 is 23.8 Å². The van der Waals surface area contributed by atoms with Gasteiger partial charge in [-0.1, -0.05) is 6.07 Å². The normalized spacial score (nSPS) is 11.4. The molecule has 1 atom stereocenters. The summed E-state index contributed by atoms with van der Waals surface area (Å²) in [4.78, 5) is 33.2. The Balaban J connectivity index is 1.55. The fraction of sp³-hybridized carbons (Fsp3) is 0.238. The smallest absolute Gasteiger partial charge is 0.312 e. The van der Waals surface area contributed by atoms with Gasteiger partial charge in [0.05, 0.1) is 32.0 Å².